The number of ether oxygens (including phenoxy) is 2. The molecule has 0 unspecified atom stereocenters. The lowest BCUT2D eigenvalue weighted by molar-refractivity contribution is 0.0351. The molecule has 0 saturated carbocycles. The van der Waals surface area contributed by atoms with Crippen molar-refractivity contribution in [2.75, 3.05) is 33.4 Å². The molecular weight excluding hydrogens is 450 g/mol. The molecule has 6 nitrogen and oxygen atoms in total. The first-order valence-electron chi connectivity index (χ1n) is 13.4. The summed E-state index contributed by atoms with van der Waals surface area (Å²) in [5, 5.41) is 1.22. The molecule has 6 heteroatoms. The summed E-state index contributed by atoms with van der Waals surface area (Å²) < 4.78 is 13.6. The van der Waals surface area contributed by atoms with Gasteiger partial charge in [0.1, 0.15) is 5.75 Å². The largest absolute Gasteiger partial charge is 0.494 e. The van der Waals surface area contributed by atoms with Crippen LogP contribution in [0.25, 0.3) is 10.9 Å². The van der Waals surface area contributed by atoms with Gasteiger partial charge < -0.3 is 18.9 Å². The third-order valence-electron chi connectivity index (χ3n) is 7.90. The fraction of sp³-hybridized carbons (Fsp3) is 0.500. The van der Waals surface area contributed by atoms with Crippen LogP contribution in [0.5, 0.6) is 5.75 Å². The average Bonchev–Trinajstić information content (AvgIpc) is 3.21. The molecule has 3 heterocycles. The summed E-state index contributed by atoms with van der Waals surface area (Å²) in [6.07, 6.45) is 3.10. The lowest BCUT2D eigenvalue weighted by Gasteiger charge is -2.31. The summed E-state index contributed by atoms with van der Waals surface area (Å²) in [6.45, 7) is 11.5. The first kappa shape index (κ1) is 24.8. The fourth-order valence-corrected chi connectivity index (χ4v) is 5.74. The first-order valence-corrected chi connectivity index (χ1v) is 13.4. The molecule has 0 radical (unpaired) electrons. The zero-order valence-electron chi connectivity index (χ0n) is 22.1. The number of methoxy groups -OCH3 is 1. The van der Waals surface area contributed by atoms with Gasteiger partial charge in [-0.3, -0.25) is 9.69 Å². The molecule has 1 aromatic heterocycles. The highest BCUT2D eigenvalue weighted by Crippen LogP contribution is 2.33. The number of rotatable bonds is 7. The zero-order chi connectivity index (χ0) is 25.2. The smallest absolute Gasteiger partial charge is 0.253 e. The van der Waals surface area contributed by atoms with E-state index in [1.165, 1.54) is 27.7 Å². The van der Waals surface area contributed by atoms with Crippen molar-refractivity contribution in [2.24, 2.45) is 0 Å². The topological polar surface area (TPSA) is 46.9 Å². The van der Waals surface area contributed by atoms with Crippen LogP contribution in [0.3, 0.4) is 0 Å². The number of hydrogen-bond donors (Lipinski definition) is 0. The molecule has 5 rings (SSSR count). The Balaban J connectivity index is 1.49. The van der Waals surface area contributed by atoms with Gasteiger partial charge in [-0.05, 0) is 75.1 Å². The SMILES string of the molecule is CCOc1ccc(Cn2c3c(c4cc(C(=O)N5CCC(OC)CC5)ccc42)CN(C(C)C)CC3)cc1. The zero-order valence-corrected chi connectivity index (χ0v) is 22.1. The summed E-state index contributed by atoms with van der Waals surface area (Å²) in [7, 11) is 1.76. The predicted octanol–water partition coefficient (Wildman–Crippen LogP) is 5.11. The lowest BCUT2D eigenvalue weighted by atomic mass is 10.0. The summed E-state index contributed by atoms with van der Waals surface area (Å²) >= 11 is 0. The lowest BCUT2D eigenvalue weighted by Crippen LogP contribution is -2.40. The minimum Gasteiger partial charge on any atom is -0.494 e. The Kier molecular flexibility index (Phi) is 7.35. The molecule has 0 bridgehead atoms. The van der Waals surface area contributed by atoms with E-state index in [4.69, 9.17) is 9.47 Å². The average molecular weight is 490 g/mol. The van der Waals surface area contributed by atoms with Gasteiger partial charge in [-0.1, -0.05) is 12.1 Å². The minimum atomic E-state index is 0.135. The van der Waals surface area contributed by atoms with Crippen LogP contribution < -0.4 is 4.74 Å². The van der Waals surface area contributed by atoms with Crippen molar-refractivity contribution >= 4 is 16.8 Å². The molecule has 192 valence electrons. The molecular formula is C30H39N3O3. The van der Waals surface area contributed by atoms with Gasteiger partial charge in [-0.2, -0.15) is 0 Å². The number of hydrogen-bond acceptors (Lipinski definition) is 4. The normalized spacial score (nSPS) is 17.1. The van der Waals surface area contributed by atoms with Gasteiger partial charge in [0.15, 0.2) is 0 Å². The van der Waals surface area contributed by atoms with Gasteiger partial charge >= 0.3 is 0 Å². The molecule has 0 spiro atoms. The Morgan fingerprint density at radius 3 is 2.47 bits per heavy atom. The van der Waals surface area contributed by atoms with Gasteiger partial charge in [-0.25, -0.2) is 0 Å². The van der Waals surface area contributed by atoms with E-state index in [0.717, 1.165) is 63.3 Å². The number of carbonyl (C=O) groups is 1. The molecule has 3 aromatic rings. The molecule has 1 fully saturated rings. The van der Waals surface area contributed by atoms with Crippen LogP contribution in [0.15, 0.2) is 42.5 Å². The third kappa shape index (κ3) is 4.89. The van der Waals surface area contributed by atoms with Crippen molar-refractivity contribution < 1.29 is 14.3 Å². The third-order valence-corrected chi connectivity index (χ3v) is 7.90. The number of fused-ring (bicyclic) bond motifs is 3. The van der Waals surface area contributed by atoms with E-state index in [1.807, 2.05) is 17.9 Å². The maximum atomic E-state index is 13.4. The molecule has 0 N–H and O–H groups in total. The second-order valence-corrected chi connectivity index (χ2v) is 10.4. The van der Waals surface area contributed by atoms with E-state index in [0.29, 0.717) is 12.6 Å². The van der Waals surface area contributed by atoms with E-state index in [-0.39, 0.29) is 12.0 Å². The Morgan fingerprint density at radius 2 is 1.81 bits per heavy atom. The molecule has 36 heavy (non-hydrogen) atoms. The Labute approximate surface area is 214 Å². The van der Waals surface area contributed by atoms with E-state index in [2.05, 4.69) is 59.7 Å². The van der Waals surface area contributed by atoms with Crippen molar-refractivity contribution in [3.8, 4) is 5.75 Å². The van der Waals surface area contributed by atoms with E-state index in [1.54, 1.807) is 7.11 Å². The number of aromatic nitrogens is 1. The second-order valence-electron chi connectivity index (χ2n) is 10.4. The summed E-state index contributed by atoms with van der Waals surface area (Å²) in [5.41, 5.74) is 6.05. The molecule has 1 amide bonds. The van der Waals surface area contributed by atoms with Gasteiger partial charge in [0.25, 0.3) is 5.91 Å². The number of benzene rings is 2. The number of nitrogens with zero attached hydrogens (tertiary/aromatic N) is 3. The van der Waals surface area contributed by atoms with Gasteiger partial charge in [0.2, 0.25) is 0 Å². The van der Waals surface area contributed by atoms with Crippen molar-refractivity contribution in [3.63, 3.8) is 0 Å². The van der Waals surface area contributed by atoms with E-state index < -0.39 is 0 Å². The van der Waals surface area contributed by atoms with E-state index >= 15 is 0 Å². The maximum absolute atomic E-state index is 13.4. The van der Waals surface area contributed by atoms with Gasteiger partial charge in [-0.15, -0.1) is 0 Å². The van der Waals surface area contributed by atoms with Crippen LogP contribution in [-0.2, 0) is 24.2 Å². The highest BCUT2D eigenvalue weighted by Gasteiger charge is 2.28. The van der Waals surface area contributed by atoms with E-state index in [9.17, 15) is 4.79 Å². The predicted molar refractivity (Wildman–Crippen MR) is 144 cm³/mol. The fourth-order valence-electron chi connectivity index (χ4n) is 5.74. The van der Waals surface area contributed by atoms with Crippen LogP contribution in [0.2, 0.25) is 0 Å². The van der Waals surface area contributed by atoms with Crippen molar-refractivity contribution in [1.82, 2.24) is 14.4 Å². The van der Waals surface area contributed by atoms with Crippen LogP contribution >= 0.6 is 0 Å². The molecule has 0 aliphatic carbocycles. The van der Waals surface area contributed by atoms with Crippen molar-refractivity contribution in [2.45, 2.75) is 65.3 Å². The number of likely N-dealkylation sites (tertiary alicyclic amines) is 1. The second kappa shape index (κ2) is 10.7. The minimum absolute atomic E-state index is 0.135. The van der Waals surface area contributed by atoms with Crippen LogP contribution in [0.1, 0.15) is 60.8 Å². The van der Waals surface area contributed by atoms with Crippen molar-refractivity contribution in [1.29, 1.82) is 0 Å². The summed E-state index contributed by atoms with van der Waals surface area (Å²) in [6, 6.07) is 15.3. The van der Waals surface area contributed by atoms with Gasteiger partial charge in [0.05, 0.1) is 12.7 Å². The number of amides is 1. The number of piperidine rings is 1. The maximum Gasteiger partial charge on any atom is 0.253 e. The molecule has 2 aliphatic heterocycles. The molecule has 0 atom stereocenters. The summed E-state index contributed by atoms with van der Waals surface area (Å²) in [5.74, 6) is 1.04. The Morgan fingerprint density at radius 1 is 1.06 bits per heavy atom. The highest BCUT2D eigenvalue weighted by molar-refractivity contribution is 5.99. The quantitative estimate of drug-likeness (QED) is 0.463. The molecule has 1 saturated heterocycles. The van der Waals surface area contributed by atoms with Crippen LogP contribution in [0.4, 0.5) is 0 Å². The Hall–Kier alpha value is -2.83. The van der Waals surface area contributed by atoms with Gasteiger partial charge in [0, 0.05) is 74.5 Å². The van der Waals surface area contributed by atoms with Crippen LogP contribution in [-0.4, -0.2) is 65.8 Å². The summed E-state index contributed by atoms with van der Waals surface area (Å²) in [4.78, 5) is 17.9. The van der Waals surface area contributed by atoms with Crippen LogP contribution in [0, 0.1) is 0 Å². The molecule has 2 aromatic carbocycles. The monoisotopic (exact) mass is 489 g/mol. The Bertz CT molecular complexity index is 1210. The highest BCUT2D eigenvalue weighted by atomic mass is 16.5. The standard InChI is InChI=1S/C30H39N3O3/c1-5-36-25-9-6-22(7-10-25)19-33-28-11-8-23(30(34)31-15-12-24(35-4)13-16-31)18-26(28)27-20-32(21(2)3)17-14-29(27)33/h6-11,18,21,24H,5,12-17,19-20H2,1-4H3. The van der Waals surface area contributed by atoms with Crippen molar-refractivity contribution in [3.05, 3.63) is 64.8 Å². The first-order chi connectivity index (χ1) is 17.5. The number of carbonyl (C=O) groups excluding carboxylic acids is 1. The molecule has 2 aliphatic rings.